The molecule has 2 aromatic rings. The number of esters is 4. The molecule has 13 nitrogen and oxygen atoms in total. The highest BCUT2D eigenvalue weighted by atomic mass is 35.5. The van der Waals surface area contributed by atoms with E-state index in [0.29, 0.717) is 43.0 Å². The standard InChI is InChI=1S/C14H16O3.C11H15Cl.C9H14O4.C8H18N2O.C5H13N.C5H10O2.C2H6/c1-2-10(11-6-4-3-5-7-11)8-12-9-13(15)17-14(12)16;1-3-9(2)11-6-4-10(8-12)5-7-11;1-5(12-3)4-7-6(2)8(10)13-9(7)11;1-7(11)8(10-2)5-3-4-6-9;1-3-5(2)4-6;1-3-4(2)5(6)7;1-2/h3-7,10,12H,2,8-9H2,1H3;4-7,9H,3,8H2,1-2H3;5-7H,4H2,1-3H3;8,10H,3-6,9H2,1-2H3;5H,3-4,6H2,1-2H3;4H,3H2,1-2H3,(H,6,7);1-2H3. The zero-order valence-electron chi connectivity index (χ0n) is 44.2. The van der Waals surface area contributed by atoms with Crippen molar-refractivity contribution in [2.24, 2.45) is 41.1 Å². The molecule has 0 saturated carbocycles. The second-order valence-electron chi connectivity index (χ2n) is 17.2. The monoisotopic (exact) mass is 978 g/mol. The predicted molar refractivity (Wildman–Crippen MR) is 276 cm³/mol. The van der Waals surface area contributed by atoms with Gasteiger partial charge in [0.2, 0.25) is 0 Å². The van der Waals surface area contributed by atoms with Gasteiger partial charge in [-0.1, -0.05) is 137 Å². The first-order valence-electron chi connectivity index (χ1n) is 24.8. The molecule has 4 rings (SSSR count). The Kier molecular flexibility index (Phi) is 42.1. The maximum absolute atomic E-state index is 11.4. The number of unbranched alkanes of at least 4 members (excludes halogenated alkanes) is 1. The molecule has 2 aromatic carbocycles. The van der Waals surface area contributed by atoms with E-state index in [1.165, 1.54) is 29.5 Å². The van der Waals surface area contributed by atoms with Gasteiger partial charge in [-0.15, -0.1) is 11.6 Å². The van der Waals surface area contributed by atoms with E-state index >= 15 is 0 Å². The zero-order valence-corrected chi connectivity index (χ0v) is 45.0. The molecule has 0 spiro atoms. The van der Waals surface area contributed by atoms with Gasteiger partial charge in [0.05, 0.1) is 42.2 Å². The Bertz CT molecular complexity index is 1640. The van der Waals surface area contributed by atoms with Crippen LogP contribution >= 0.6 is 11.6 Å². The number of rotatable bonds is 20. The van der Waals surface area contributed by atoms with Crippen molar-refractivity contribution in [1.82, 2.24) is 5.32 Å². The van der Waals surface area contributed by atoms with Crippen molar-refractivity contribution in [2.75, 3.05) is 27.2 Å². The van der Waals surface area contributed by atoms with Crippen LogP contribution in [0.5, 0.6) is 0 Å². The lowest BCUT2D eigenvalue weighted by molar-refractivity contribution is -0.155. The Labute approximate surface area is 415 Å². The summed E-state index contributed by atoms with van der Waals surface area (Å²) in [4.78, 5) is 65.4. The van der Waals surface area contributed by atoms with Crippen molar-refractivity contribution < 1.29 is 48.1 Å². The van der Waals surface area contributed by atoms with E-state index in [0.717, 1.165) is 38.6 Å². The fraction of sp³-hybridized carbons (Fsp3) is 0.667. The predicted octanol–water partition coefficient (Wildman–Crippen LogP) is 10.8. The van der Waals surface area contributed by atoms with Gasteiger partial charge in [-0.25, -0.2) is 0 Å². The van der Waals surface area contributed by atoms with E-state index in [-0.39, 0.29) is 60.0 Å². The first kappa shape index (κ1) is 68.3. The molecule has 2 aliphatic heterocycles. The summed E-state index contributed by atoms with van der Waals surface area (Å²) in [5.74, 6) is -0.862. The smallest absolute Gasteiger partial charge is 0.317 e. The molecule has 0 amide bonds. The van der Waals surface area contributed by atoms with Crippen LogP contribution in [-0.2, 0) is 48.9 Å². The highest BCUT2D eigenvalue weighted by molar-refractivity contribution is 6.17. The van der Waals surface area contributed by atoms with Gasteiger partial charge in [-0.05, 0) is 113 Å². The van der Waals surface area contributed by atoms with Gasteiger partial charge < -0.3 is 36.1 Å². The number of carbonyl (C=O) groups is 6. The Morgan fingerprint density at radius 1 is 0.809 bits per heavy atom. The van der Waals surface area contributed by atoms with Gasteiger partial charge in [0.15, 0.2) is 0 Å². The van der Waals surface area contributed by atoms with Gasteiger partial charge in [0.25, 0.3) is 0 Å². The molecular weight excluding hydrogens is 886 g/mol. The lowest BCUT2D eigenvalue weighted by atomic mass is 9.86. The van der Waals surface area contributed by atoms with E-state index in [1.54, 1.807) is 27.9 Å². The van der Waals surface area contributed by atoms with Gasteiger partial charge >= 0.3 is 29.8 Å². The first-order chi connectivity index (χ1) is 32.2. The number of benzene rings is 2. The number of Topliss-reactive ketones (excluding diaryl/α,β-unsaturated/α-hetero) is 1. The van der Waals surface area contributed by atoms with Crippen LogP contribution < -0.4 is 16.8 Å². The molecule has 6 N–H and O–H groups in total. The number of hydrogen-bond donors (Lipinski definition) is 4. The molecular formula is C54H92ClN3O10. The van der Waals surface area contributed by atoms with Crippen LogP contribution in [0.15, 0.2) is 54.6 Å². The Hall–Kier alpha value is -4.01. The molecule has 2 fully saturated rings. The highest BCUT2D eigenvalue weighted by Crippen LogP contribution is 2.32. The molecule has 0 aliphatic carbocycles. The van der Waals surface area contributed by atoms with Gasteiger partial charge in [-0.2, -0.15) is 0 Å². The third-order valence-corrected chi connectivity index (χ3v) is 12.3. The number of carboxylic acids is 1. The van der Waals surface area contributed by atoms with Crippen LogP contribution in [0, 0.1) is 29.6 Å². The number of halogens is 1. The van der Waals surface area contributed by atoms with Crippen molar-refractivity contribution in [1.29, 1.82) is 0 Å². The lowest BCUT2D eigenvalue weighted by Crippen LogP contribution is -2.32. The van der Waals surface area contributed by atoms with Gasteiger partial charge in [0.1, 0.15) is 5.78 Å². The minimum absolute atomic E-state index is 0.0223. The average molecular weight is 979 g/mol. The number of cyclic esters (lactones) is 4. The second-order valence-corrected chi connectivity index (χ2v) is 17.4. The topological polar surface area (TPSA) is 214 Å². The molecule has 2 saturated heterocycles. The summed E-state index contributed by atoms with van der Waals surface area (Å²) in [6, 6.07) is 18.7. The number of ketones is 1. The fourth-order valence-corrected chi connectivity index (χ4v) is 6.43. The molecule has 0 aromatic heterocycles. The van der Waals surface area contributed by atoms with E-state index in [9.17, 15) is 28.8 Å². The van der Waals surface area contributed by atoms with Gasteiger partial charge in [0, 0.05) is 13.0 Å². The number of aliphatic carboxylic acids is 1. The summed E-state index contributed by atoms with van der Waals surface area (Å²) in [5, 5.41) is 11.2. The lowest BCUT2D eigenvalue weighted by Gasteiger charge is -2.17. The molecule has 68 heavy (non-hydrogen) atoms. The molecule has 14 heteroatoms. The maximum atomic E-state index is 11.4. The van der Waals surface area contributed by atoms with Crippen LogP contribution in [0.2, 0.25) is 0 Å². The number of alkyl halides is 1. The maximum Gasteiger partial charge on any atom is 0.317 e. The van der Waals surface area contributed by atoms with Crippen LogP contribution in [0.3, 0.4) is 0 Å². The van der Waals surface area contributed by atoms with Gasteiger partial charge in [-0.3, -0.25) is 28.8 Å². The second kappa shape index (κ2) is 41.9. The van der Waals surface area contributed by atoms with E-state index in [1.807, 2.05) is 52.9 Å². The number of carbonyl (C=O) groups excluding carboxylic acids is 5. The van der Waals surface area contributed by atoms with Crippen molar-refractivity contribution in [3.8, 4) is 0 Å². The SMILES string of the molecule is CC.CCC(C)C(=O)O.CCC(C)CN.CCC(C)c1ccc(CCl)cc1.CCC(CC1CC(=O)OC1=O)c1ccccc1.CNC(CCCCN)C(C)=O.COC(C)CC1C(=O)OC(=O)C1C. The van der Waals surface area contributed by atoms with Crippen molar-refractivity contribution in [2.45, 2.75) is 177 Å². The largest absolute Gasteiger partial charge is 0.481 e. The molecule has 0 bridgehead atoms. The van der Waals surface area contributed by atoms with E-state index in [2.05, 4.69) is 85.8 Å². The van der Waals surface area contributed by atoms with E-state index < -0.39 is 17.9 Å². The van der Waals surface area contributed by atoms with Crippen LogP contribution in [0.1, 0.15) is 176 Å². The minimum atomic E-state index is -0.706. The van der Waals surface area contributed by atoms with Crippen molar-refractivity contribution in [3.63, 3.8) is 0 Å². The van der Waals surface area contributed by atoms with E-state index in [4.69, 9.17) is 32.9 Å². The Morgan fingerprint density at radius 3 is 1.74 bits per heavy atom. The number of nitrogens with two attached hydrogens (primary N) is 2. The van der Waals surface area contributed by atoms with Crippen molar-refractivity contribution >= 4 is 47.2 Å². The summed E-state index contributed by atoms with van der Waals surface area (Å²) in [6.45, 7) is 25.1. The number of hydrogen-bond acceptors (Lipinski definition) is 12. The summed E-state index contributed by atoms with van der Waals surface area (Å²) in [7, 11) is 3.39. The number of likely N-dealkylation sites (N-methyl/N-ethyl adjacent to an activating group) is 1. The number of ether oxygens (including phenoxy) is 3. The third-order valence-electron chi connectivity index (χ3n) is 12.0. The molecule has 390 valence electrons. The number of carboxylic acid groups (broad SMARTS) is 1. The molecule has 2 aliphatic rings. The summed E-state index contributed by atoms with van der Waals surface area (Å²) in [5.41, 5.74) is 14.4. The average Bonchev–Trinajstić information content (AvgIpc) is 3.81. The van der Waals surface area contributed by atoms with Crippen LogP contribution in [0.25, 0.3) is 0 Å². The highest BCUT2D eigenvalue weighted by Gasteiger charge is 2.41. The summed E-state index contributed by atoms with van der Waals surface area (Å²) in [6.07, 6.45) is 8.48. The molecule has 2 heterocycles. The zero-order chi connectivity index (χ0) is 52.8. The fourth-order valence-electron chi connectivity index (χ4n) is 6.25. The molecule has 0 radical (unpaired) electrons. The normalized spacial score (nSPS) is 18.3. The van der Waals surface area contributed by atoms with Crippen LogP contribution in [-0.4, -0.2) is 80.1 Å². The quantitative estimate of drug-likeness (QED) is 0.0421. The third kappa shape index (κ3) is 30.5. The molecule has 9 unspecified atom stereocenters. The summed E-state index contributed by atoms with van der Waals surface area (Å²) >= 11 is 5.69. The van der Waals surface area contributed by atoms with Crippen molar-refractivity contribution in [3.05, 3.63) is 71.3 Å². The molecule has 9 atom stereocenters. The Morgan fingerprint density at radius 2 is 1.40 bits per heavy atom. The first-order valence-corrected chi connectivity index (χ1v) is 25.3. The van der Waals surface area contributed by atoms with Crippen LogP contribution in [0.4, 0.5) is 0 Å². The Balaban J connectivity index is -0.000000763. The minimum Gasteiger partial charge on any atom is -0.481 e. The summed E-state index contributed by atoms with van der Waals surface area (Å²) < 4.78 is 14.1. The number of nitrogens with one attached hydrogen (secondary N) is 1. The number of methoxy groups -OCH3 is 1.